The van der Waals surface area contributed by atoms with E-state index in [0.29, 0.717) is 22.4 Å². The van der Waals surface area contributed by atoms with Crippen LogP contribution in [0, 0.1) is 5.92 Å². The summed E-state index contributed by atoms with van der Waals surface area (Å²) in [5.41, 5.74) is 0.890. The highest BCUT2D eigenvalue weighted by Crippen LogP contribution is 2.23. The highest BCUT2D eigenvalue weighted by atomic mass is 35.5. The van der Waals surface area contributed by atoms with E-state index in [9.17, 15) is 4.79 Å². The van der Waals surface area contributed by atoms with Crippen LogP contribution < -0.4 is 0 Å². The fourth-order valence-corrected chi connectivity index (χ4v) is 2.98. The van der Waals surface area contributed by atoms with E-state index in [1.54, 1.807) is 12.1 Å². The van der Waals surface area contributed by atoms with Gasteiger partial charge in [0.2, 0.25) is 5.91 Å². The molecule has 130 valence electrons. The Labute approximate surface area is 150 Å². The van der Waals surface area contributed by atoms with Gasteiger partial charge in [0.05, 0.1) is 16.5 Å². The Balaban J connectivity index is 2.80. The fourth-order valence-electron chi connectivity index (χ4n) is 2.66. The van der Waals surface area contributed by atoms with E-state index in [1.165, 1.54) is 0 Å². The van der Waals surface area contributed by atoms with Crippen LogP contribution in [0.25, 0.3) is 0 Å². The molecule has 1 atom stereocenters. The highest BCUT2D eigenvalue weighted by molar-refractivity contribution is 6.42. The second-order valence-electron chi connectivity index (χ2n) is 6.23. The van der Waals surface area contributed by atoms with Gasteiger partial charge in [-0.25, -0.2) is 0 Å². The molecule has 0 bridgehead atoms. The molecule has 0 N–H and O–H groups in total. The van der Waals surface area contributed by atoms with Crippen molar-refractivity contribution in [3.05, 3.63) is 33.8 Å². The lowest BCUT2D eigenvalue weighted by Gasteiger charge is -2.35. The SMILES string of the molecule is CCN(CC)C[C@H](C(C)C)N(C)C(=O)Cc1ccc(Cl)c(Cl)c1. The molecular formula is C18H28Cl2N2O. The van der Waals surface area contributed by atoms with Gasteiger partial charge in [0.25, 0.3) is 0 Å². The Bertz CT molecular complexity index is 516. The predicted molar refractivity (Wildman–Crippen MR) is 99.4 cm³/mol. The van der Waals surface area contributed by atoms with E-state index in [2.05, 4.69) is 32.6 Å². The fraction of sp³-hybridized carbons (Fsp3) is 0.611. The molecule has 0 fully saturated rings. The normalized spacial score (nSPS) is 12.7. The van der Waals surface area contributed by atoms with Crippen molar-refractivity contribution in [2.24, 2.45) is 5.92 Å². The van der Waals surface area contributed by atoms with Gasteiger partial charge in [-0.2, -0.15) is 0 Å². The average Bonchev–Trinajstić information content (AvgIpc) is 2.51. The van der Waals surface area contributed by atoms with Gasteiger partial charge >= 0.3 is 0 Å². The smallest absolute Gasteiger partial charge is 0.227 e. The largest absolute Gasteiger partial charge is 0.341 e. The van der Waals surface area contributed by atoms with Gasteiger partial charge in [0.1, 0.15) is 0 Å². The zero-order valence-electron chi connectivity index (χ0n) is 14.8. The van der Waals surface area contributed by atoms with Crippen molar-refractivity contribution in [1.29, 1.82) is 0 Å². The molecule has 0 aliphatic heterocycles. The zero-order valence-corrected chi connectivity index (χ0v) is 16.3. The van der Waals surface area contributed by atoms with E-state index in [0.717, 1.165) is 25.2 Å². The molecule has 0 aliphatic carbocycles. The van der Waals surface area contributed by atoms with Crippen molar-refractivity contribution in [2.75, 3.05) is 26.7 Å². The number of benzene rings is 1. The van der Waals surface area contributed by atoms with Crippen molar-refractivity contribution in [2.45, 2.75) is 40.2 Å². The van der Waals surface area contributed by atoms with Crippen molar-refractivity contribution in [3.63, 3.8) is 0 Å². The van der Waals surface area contributed by atoms with Crippen LogP contribution in [0.1, 0.15) is 33.3 Å². The molecule has 0 saturated carbocycles. The Morgan fingerprint density at radius 1 is 1.13 bits per heavy atom. The molecule has 0 radical (unpaired) electrons. The maximum absolute atomic E-state index is 12.6. The Morgan fingerprint density at radius 2 is 1.74 bits per heavy atom. The highest BCUT2D eigenvalue weighted by Gasteiger charge is 2.24. The first-order valence-corrected chi connectivity index (χ1v) is 8.97. The summed E-state index contributed by atoms with van der Waals surface area (Å²) < 4.78 is 0. The number of halogens is 2. The summed E-state index contributed by atoms with van der Waals surface area (Å²) in [7, 11) is 1.90. The molecule has 3 nitrogen and oxygen atoms in total. The first-order valence-electron chi connectivity index (χ1n) is 8.22. The third kappa shape index (κ3) is 5.98. The Morgan fingerprint density at radius 3 is 2.22 bits per heavy atom. The second kappa shape index (κ2) is 9.51. The van der Waals surface area contributed by atoms with E-state index >= 15 is 0 Å². The number of amides is 1. The van der Waals surface area contributed by atoms with Crippen molar-refractivity contribution >= 4 is 29.1 Å². The number of carbonyl (C=O) groups excluding carboxylic acids is 1. The summed E-state index contributed by atoms with van der Waals surface area (Å²) in [6.07, 6.45) is 0.342. The topological polar surface area (TPSA) is 23.6 Å². The standard InChI is InChI=1S/C18H28Cl2N2O/c1-6-22(7-2)12-17(13(3)4)21(5)18(23)11-14-8-9-15(19)16(20)10-14/h8-10,13,17H,6-7,11-12H2,1-5H3/t17-/m1/s1. The van der Waals surface area contributed by atoms with Crippen molar-refractivity contribution in [3.8, 4) is 0 Å². The molecule has 0 saturated heterocycles. The average molecular weight is 359 g/mol. The van der Waals surface area contributed by atoms with Crippen LogP contribution >= 0.6 is 23.2 Å². The van der Waals surface area contributed by atoms with E-state index in [4.69, 9.17) is 23.2 Å². The summed E-state index contributed by atoms with van der Waals surface area (Å²) in [4.78, 5) is 16.9. The molecule has 1 aromatic rings. The molecule has 5 heteroatoms. The lowest BCUT2D eigenvalue weighted by Crippen LogP contribution is -2.48. The summed E-state index contributed by atoms with van der Waals surface area (Å²) >= 11 is 12.0. The maximum atomic E-state index is 12.6. The van der Waals surface area contributed by atoms with Gasteiger partial charge in [0, 0.05) is 19.6 Å². The summed E-state index contributed by atoms with van der Waals surface area (Å²) in [6, 6.07) is 5.56. The molecular weight excluding hydrogens is 331 g/mol. The number of hydrogen-bond donors (Lipinski definition) is 0. The van der Waals surface area contributed by atoms with Crippen LogP contribution in [-0.4, -0.2) is 48.4 Å². The second-order valence-corrected chi connectivity index (χ2v) is 7.04. The molecule has 0 unspecified atom stereocenters. The first kappa shape index (κ1) is 20.3. The van der Waals surface area contributed by atoms with E-state index in [1.807, 2.05) is 18.0 Å². The van der Waals surface area contributed by atoms with Crippen LogP contribution in [0.15, 0.2) is 18.2 Å². The van der Waals surface area contributed by atoms with Crippen LogP contribution in [0.3, 0.4) is 0 Å². The Hall–Kier alpha value is -0.770. The van der Waals surface area contributed by atoms with Gasteiger partial charge < -0.3 is 9.80 Å². The minimum atomic E-state index is 0.106. The molecule has 23 heavy (non-hydrogen) atoms. The minimum absolute atomic E-state index is 0.106. The Kier molecular flexibility index (Phi) is 8.38. The minimum Gasteiger partial charge on any atom is -0.341 e. The van der Waals surface area contributed by atoms with Gasteiger partial charge in [-0.3, -0.25) is 4.79 Å². The summed E-state index contributed by atoms with van der Waals surface area (Å²) in [5, 5.41) is 1.00. The van der Waals surface area contributed by atoms with Gasteiger partial charge in [0.15, 0.2) is 0 Å². The lowest BCUT2D eigenvalue weighted by atomic mass is 10.0. The van der Waals surface area contributed by atoms with E-state index < -0.39 is 0 Å². The maximum Gasteiger partial charge on any atom is 0.227 e. The summed E-state index contributed by atoms with van der Waals surface area (Å²) in [5.74, 6) is 0.507. The quantitative estimate of drug-likeness (QED) is 0.689. The van der Waals surface area contributed by atoms with Crippen LogP contribution in [-0.2, 0) is 11.2 Å². The molecule has 0 aromatic heterocycles. The molecule has 0 aliphatic rings. The molecule has 1 amide bonds. The third-order valence-electron chi connectivity index (χ3n) is 4.34. The number of hydrogen-bond acceptors (Lipinski definition) is 2. The van der Waals surface area contributed by atoms with Gasteiger partial charge in [-0.1, -0.05) is 57.0 Å². The predicted octanol–water partition coefficient (Wildman–Crippen LogP) is 4.36. The van der Waals surface area contributed by atoms with Crippen LogP contribution in [0.4, 0.5) is 0 Å². The van der Waals surface area contributed by atoms with Crippen molar-refractivity contribution < 1.29 is 4.79 Å². The van der Waals surface area contributed by atoms with Crippen LogP contribution in [0.5, 0.6) is 0 Å². The van der Waals surface area contributed by atoms with Gasteiger partial charge in [-0.05, 0) is 36.7 Å². The van der Waals surface area contributed by atoms with E-state index in [-0.39, 0.29) is 11.9 Å². The molecule has 0 heterocycles. The number of rotatable bonds is 8. The monoisotopic (exact) mass is 358 g/mol. The summed E-state index contributed by atoms with van der Waals surface area (Å²) in [6.45, 7) is 11.5. The number of likely N-dealkylation sites (N-methyl/N-ethyl adjacent to an activating group) is 2. The zero-order chi connectivity index (χ0) is 17.6. The first-order chi connectivity index (χ1) is 10.8. The third-order valence-corrected chi connectivity index (χ3v) is 5.08. The molecule has 1 rings (SSSR count). The van der Waals surface area contributed by atoms with Crippen LogP contribution in [0.2, 0.25) is 10.0 Å². The lowest BCUT2D eigenvalue weighted by molar-refractivity contribution is -0.132. The number of nitrogens with zero attached hydrogens (tertiary/aromatic N) is 2. The van der Waals surface area contributed by atoms with Crippen molar-refractivity contribution in [1.82, 2.24) is 9.80 Å². The van der Waals surface area contributed by atoms with Gasteiger partial charge in [-0.15, -0.1) is 0 Å². The molecule has 1 aromatic carbocycles. The number of carbonyl (C=O) groups is 1. The molecule has 0 spiro atoms.